The quantitative estimate of drug-likeness (QED) is 0.756. The normalized spacial score (nSPS) is 37.9. The van der Waals surface area contributed by atoms with Gasteiger partial charge in [0.05, 0.1) is 6.10 Å². The van der Waals surface area contributed by atoms with E-state index in [1.807, 2.05) is 0 Å². The molecule has 0 heterocycles. The number of aliphatic hydroxyl groups is 1. The molecule has 3 aliphatic carbocycles. The standard InChI is InChI=1S/C20H24O/c21-17-8-5-13-20(14-17)18-9-3-1-6-15(18)11-12-16-7-2-4-10-19(16)20/h1-4,6-7,9-10,15,17-18,21H,5,8,11-14H2. The Bertz CT molecular complexity index is 585. The summed E-state index contributed by atoms with van der Waals surface area (Å²) in [6.45, 7) is 0. The minimum Gasteiger partial charge on any atom is -0.393 e. The number of allylic oxidation sites excluding steroid dienone is 4. The molecule has 4 unspecified atom stereocenters. The summed E-state index contributed by atoms with van der Waals surface area (Å²) in [4.78, 5) is 0. The molecule has 4 atom stereocenters. The third kappa shape index (κ3) is 2.10. The highest BCUT2D eigenvalue weighted by atomic mass is 16.3. The number of aliphatic hydroxyl groups excluding tert-OH is 1. The van der Waals surface area contributed by atoms with Crippen molar-refractivity contribution in [2.75, 3.05) is 0 Å². The molecule has 0 aliphatic heterocycles. The van der Waals surface area contributed by atoms with Crippen molar-refractivity contribution in [3.8, 4) is 0 Å². The second-order valence-corrected chi connectivity index (χ2v) is 7.06. The van der Waals surface area contributed by atoms with Crippen molar-refractivity contribution in [1.82, 2.24) is 0 Å². The van der Waals surface area contributed by atoms with E-state index in [-0.39, 0.29) is 11.5 Å². The largest absolute Gasteiger partial charge is 0.393 e. The van der Waals surface area contributed by atoms with Crippen LogP contribution in [0.3, 0.4) is 0 Å². The van der Waals surface area contributed by atoms with Crippen molar-refractivity contribution in [1.29, 1.82) is 0 Å². The van der Waals surface area contributed by atoms with Gasteiger partial charge in [-0.15, -0.1) is 0 Å². The second-order valence-electron chi connectivity index (χ2n) is 7.06. The van der Waals surface area contributed by atoms with Crippen LogP contribution < -0.4 is 0 Å². The maximum Gasteiger partial charge on any atom is 0.0549 e. The molecule has 0 aromatic heterocycles. The lowest BCUT2D eigenvalue weighted by molar-refractivity contribution is 0.0583. The van der Waals surface area contributed by atoms with Crippen LogP contribution in [0.15, 0.2) is 48.6 Å². The maximum absolute atomic E-state index is 10.4. The zero-order chi connectivity index (χ0) is 14.3. The number of fused-ring (bicyclic) bond motifs is 4. The molecule has 0 saturated heterocycles. The van der Waals surface area contributed by atoms with Crippen LogP contribution in [0.1, 0.15) is 43.2 Å². The first kappa shape index (κ1) is 13.3. The zero-order valence-corrected chi connectivity index (χ0v) is 12.5. The molecule has 1 aromatic rings. The van der Waals surface area contributed by atoms with Crippen molar-refractivity contribution >= 4 is 0 Å². The number of hydrogen-bond donors (Lipinski definition) is 1. The fraction of sp³-hybridized carbons (Fsp3) is 0.500. The lowest BCUT2D eigenvalue weighted by Gasteiger charge is -2.47. The number of rotatable bonds is 0. The van der Waals surface area contributed by atoms with E-state index in [9.17, 15) is 5.11 Å². The third-order valence-corrected chi connectivity index (χ3v) is 5.95. The molecule has 21 heavy (non-hydrogen) atoms. The lowest BCUT2D eigenvalue weighted by Crippen LogP contribution is -2.43. The van der Waals surface area contributed by atoms with Crippen LogP contribution >= 0.6 is 0 Å². The minimum atomic E-state index is -0.134. The van der Waals surface area contributed by atoms with E-state index in [4.69, 9.17) is 0 Å². The zero-order valence-electron chi connectivity index (χ0n) is 12.5. The van der Waals surface area contributed by atoms with Crippen LogP contribution in [0.5, 0.6) is 0 Å². The predicted octanol–water partition coefficient (Wildman–Crippen LogP) is 4.16. The molecule has 1 saturated carbocycles. The first-order valence-electron chi connectivity index (χ1n) is 8.41. The topological polar surface area (TPSA) is 20.2 Å². The molecular weight excluding hydrogens is 256 g/mol. The molecule has 1 aromatic carbocycles. The van der Waals surface area contributed by atoms with Crippen molar-refractivity contribution in [3.05, 3.63) is 59.7 Å². The summed E-state index contributed by atoms with van der Waals surface area (Å²) >= 11 is 0. The highest BCUT2D eigenvalue weighted by molar-refractivity contribution is 5.40. The summed E-state index contributed by atoms with van der Waals surface area (Å²) in [5.74, 6) is 1.19. The maximum atomic E-state index is 10.4. The Morgan fingerprint density at radius 2 is 1.90 bits per heavy atom. The predicted molar refractivity (Wildman–Crippen MR) is 86.2 cm³/mol. The van der Waals surface area contributed by atoms with E-state index < -0.39 is 0 Å². The smallest absolute Gasteiger partial charge is 0.0549 e. The van der Waals surface area contributed by atoms with E-state index in [0.29, 0.717) is 11.8 Å². The van der Waals surface area contributed by atoms with Gasteiger partial charge in [-0.3, -0.25) is 0 Å². The van der Waals surface area contributed by atoms with E-state index in [1.165, 1.54) is 30.4 Å². The van der Waals surface area contributed by atoms with Crippen molar-refractivity contribution in [2.24, 2.45) is 11.8 Å². The van der Waals surface area contributed by atoms with Crippen molar-refractivity contribution in [3.63, 3.8) is 0 Å². The van der Waals surface area contributed by atoms with Gasteiger partial charge < -0.3 is 5.11 Å². The van der Waals surface area contributed by atoms with Crippen LogP contribution in [-0.4, -0.2) is 11.2 Å². The molecule has 110 valence electrons. The first-order chi connectivity index (χ1) is 10.3. The Labute approximate surface area is 127 Å². The summed E-state index contributed by atoms with van der Waals surface area (Å²) in [7, 11) is 0. The summed E-state index contributed by atoms with van der Waals surface area (Å²) in [6.07, 6.45) is 15.8. The summed E-state index contributed by atoms with van der Waals surface area (Å²) < 4.78 is 0. The molecule has 1 heteroatoms. The van der Waals surface area contributed by atoms with Gasteiger partial charge in [-0.2, -0.15) is 0 Å². The van der Waals surface area contributed by atoms with Gasteiger partial charge in [-0.1, -0.05) is 48.6 Å². The second kappa shape index (κ2) is 5.14. The van der Waals surface area contributed by atoms with Gasteiger partial charge in [-0.05, 0) is 61.5 Å². The highest BCUT2D eigenvalue weighted by Crippen LogP contribution is 2.53. The molecule has 0 amide bonds. The Balaban J connectivity index is 1.88. The Hall–Kier alpha value is -1.34. The van der Waals surface area contributed by atoms with Crippen molar-refractivity contribution in [2.45, 2.75) is 50.0 Å². The number of aryl methyl sites for hydroxylation is 1. The van der Waals surface area contributed by atoms with E-state index in [1.54, 1.807) is 0 Å². The molecule has 4 rings (SSSR count). The summed E-state index contributed by atoms with van der Waals surface area (Å²) in [5.41, 5.74) is 3.19. The molecule has 0 radical (unpaired) electrons. The van der Waals surface area contributed by atoms with Crippen molar-refractivity contribution < 1.29 is 5.11 Å². The Kier molecular flexibility index (Phi) is 3.26. The van der Waals surface area contributed by atoms with Gasteiger partial charge in [0.25, 0.3) is 0 Å². The number of hydrogen-bond acceptors (Lipinski definition) is 1. The highest BCUT2D eigenvalue weighted by Gasteiger charge is 2.47. The third-order valence-electron chi connectivity index (χ3n) is 5.95. The van der Waals surface area contributed by atoms with Crippen LogP contribution in [0.4, 0.5) is 0 Å². The van der Waals surface area contributed by atoms with Gasteiger partial charge in [0.2, 0.25) is 0 Å². The van der Waals surface area contributed by atoms with Gasteiger partial charge >= 0.3 is 0 Å². The van der Waals surface area contributed by atoms with Gasteiger partial charge in [0.15, 0.2) is 0 Å². The lowest BCUT2D eigenvalue weighted by atomic mass is 9.58. The minimum absolute atomic E-state index is 0.134. The SMILES string of the molecule is OC1CCCC2(C1)c1ccccc1CCC1C=CC=CC12. The van der Waals surface area contributed by atoms with Gasteiger partial charge in [0, 0.05) is 5.41 Å². The Morgan fingerprint density at radius 1 is 1.05 bits per heavy atom. The molecule has 3 aliphatic rings. The monoisotopic (exact) mass is 280 g/mol. The fourth-order valence-corrected chi connectivity index (χ4v) is 5.07. The summed E-state index contributed by atoms with van der Waals surface area (Å²) in [6, 6.07) is 9.00. The Morgan fingerprint density at radius 3 is 2.81 bits per heavy atom. The molecule has 0 bridgehead atoms. The molecular formula is C20H24O. The van der Waals surface area contributed by atoms with E-state index in [2.05, 4.69) is 48.6 Å². The molecule has 1 N–H and O–H groups in total. The molecule has 1 nitrogen and oxygen atoms in total. The van der Waals surface area contributed by atoms with E-state index >= 15 is 0 Å². The van der Waals surface area contributed by atoms with Crippen LogP contribution in [0, 0.1) is 11.8 Å². The van der Waals surface area contributed by atoms with Crippen LogP contribution in [-0.2, 0) is 11.8 Å². The van der Waals surface area contributed by atoms with Crippen LogP contribution in [0.25, 0.3) is 0 Å². The fourth-order valence-electron chi connectivity index (χ4n) is 5.07. The summed E-state index contributed by atoms with van der Waals surface area (Å²) in [5, 5.41) is 10.4. The van der Waals surface area contributed by atoms with Crippen LogP contribution in [0.2, 0.25) is 0 Å². The first-order valence-corrected chi connectivity index (χ1v) is 8.41. The van der Waals surface area contributed by atoms with Gasteiger partial charge in [-0.25, -0.2) is 0 Å². The average molecular weight is 280 g/mol. The number of benzene rings is 1. The molecule has 1 fully saturated rings. The average Bonchev–Trinajstić information content (AvgIpc) is 2.65. The van der Waals surface area contributed by atoms with E-state index in [0.717, 1.165) is 19.3 Å². The molecule has 1 spiro atoms. The van der Waals surface area contributed by atoms with Gasteiger partial charge in [0.1, 0.15) is 0 Å².